The maximum Gasteiger partial charge on any atom is 0.269 e. The average Bonchev–Trinajstić information content (AvgIpc) is 3.36. The van der Waals surface area contributed by atoms with Crippen molar-refractivity contribution >= 4 is 39.8 Å². The Bertz CT molecular complexity index is 1360. The molecule has 35 heavy (non-hydrogen) atoms. The lowest BCUT2D eigenvalue weighted by atomic mass is 10.1. The van der Waals surface area contributed by atoms with Crippen molar-refractivity contribution in [3.63, 3.8) is 0 Å². The smallest absolute Gasteiger partial charge is 0.269 e. The predicted octanol–water partition coefficient (Wildman–Crippen LogP) is 5.80. The second-order valence-electron chi connectivity index (χ2n) is 7.44. The van der Waals surface area contributed by atoms with Crippen molar-refractivity contribution in [2.45, 2.75) is 12.1 Å². The van der Waals surface area contributed by atoms with Crippen molar-refractivity contribution in [1.82, 2.24) is 15.0 Å². The highest BCUT2D eigenvalue weighted by molar-refractivity contribution is 7.99. The van der Waals surface area contributed by atoms with Gasteiger partial charge in [-0.25, -0.2) is 15.0 Å². The predicted molar refractivity (Wildman–Crippen MR) is 140 cm³/mol. The zero-order valence-electron chi connectivity index (χ0n) is 18.8. The topological polar surface area (TPSA) is 102 Å². The first kappa shape index (κ1) is 24.2. The molecule has 2 aromatic heterocycles. The van der Waals surface area contributed by atoms with Gasteiger partial charge in [0.15, 0.2) is 10.3 Å². The molecule has 0 aliphatic heterocycles. The van der Waals surface area contributed by atoms with Gasteiger partial charge in [-0.1, -0.05) is 48.2 Å². The van der Waals surface area contributed by atoms with Crippen LogP contribution in [0.15, 0.2) is 83.9 Å². The standard InChI is InChI=1S/C25H21N5O3S2/c1-3-13-29(25-28-22(15-35-25)19-9-11-20(12-10-19)30(32)33)23(31)16-34-24-26-17(2)14-21(27-24)18-7-5-4-6-8-18/h3-12,14-15H,1,13,16H2,2H3. The highest BCUT2D eigenvalue weighted by atomic mass is 32.2. The van der Waals surface area contributed by atoms with Crippen molar-refractivity contribution in [2.75, 3.05) is 17.2 Å². The zero-order chi connectivity index (χ0) is 24.8. The number of nitro groups is 1. The number of aryl methyl sites for hydroxylation is 1. The number of anilines is 1. The number of aromatic nitrogens is 3. The maximum atomic E-state index is 13.1. The van der Waals surface area contributed by atoms with Crippen LogP contribution in [0.5, 0.6) is 0 Å². The number of rotatable bonds is 9. The van der Waals surface area contributed by atoms with Crippen LogP contribution in [-0.2, 0) is 4.79 Å². The molecular weight excluding hydrogens is 482 g/mol. The van der Waals surface area contributed by atoms with Crippen LogP contribution in [0.1, 0.15) is 5.69 Å². The number of nitrogens with zero attached hydrogens (tertiary/aromatic N) is 5. The normalized spacial score (nSPS) is 10.7. The van der Waals surface area contributed by atoms with Gasteiger partial charge in [-0.2, -0.15) is 0 Å². The molecule has 0 atom stereocenters. The third kappa shape index (κ3) is 5.97. The summed E-state index contributed by atoms with van der Waals surface area (Å²) in [6.07, 6.45) is 1.65. The quantitative estimate of drug-likeness (QED) is 0.0936. The van der Waals surface area contributed by atoms with Gasteiger partial charge >= 0.3 is 0 Å². The van der Waals surface area contributed by atoms with Crippen molar-refractivity contribution in [3.05, 3.63) is 94.5 Å². The molecule has 8 nitrogen and oxygen atoms in total. The molecule has 0 bridgehead atoms. The van der Waals surface area contributed by atoms with Gasteiger partial charge in [-0.3, -0.25) is 19.8 Å². The molecule has 4 rings (SSSR count). The minimum atomic E-state index is -0.445. The first-order chi connectivity index (χ1) is 16.9. The van der Waals surface area contributed by atoms with Gasteiger partial charge in [0.1, 0.15) is 0 Å². The van der Waals surface area contributed by atoms with Crippen molar-refractivity contribution in [3.8, 4) is 22.5 Å². The van der Waals surface area contributed by atoms with Gasteiger partial charge in [0, 0.05) is 40.9 Å². The molecule has 0 radical (unpaired) electrons. The van der Waals surface area contributed by atoms with Crippen molar-refractivity contribution < 1.29 is 9.72 Å². The SMILES string of the molecule is C=CCN(C(=O)CSc1nc(C)cc(-c2ccccc2)n1)c1nc(-c2ccc([N+](=O)[O-])cc2)cs1. The van der Waals surface area contributed by atoms with E-state index >= 15 is 0 Å². The summed E-state index contributed by atoms with van der Waals surface area (Å²) < 4.78 is 0. The van der Waals surface area contributed by atoms with E-state index in [1.165, 1.54) is 35.2 Å². The molecule has 0 saturated heterocycles. The molecule has 176 valence electrons. The molecule has 10 heteroatoms. The molecule has 1 amide bonds. The number of hydrogen-bond acceptors (Lipinski definition) is 8. The van der Waals surface area contributed by atoms with Crippen LogP contribution in [0.25, 0.3) is 22.5 Å². The average molecular weight is 504 g/mol. The Morgan fingerprint density at radius 3 is 2.49 bits per heavy atom. The number of benzene rings is 2. The highest BCUT2D eigenvalue weighted by Gasteiger charge is 2.20. The van der Waals surface area contributed by atoms with E-state index < -0.39 is 4.92 Å². The van der Waals surface area contributed by atoms with Gasteiger partial charge in [0.05, 0.1) is 22.1 Å². The van der Waals surface area contributed by atoms with Crippen LogP contribution >= 0.6 is 23.1 Å². The molecule has 0 unspecified atom stereocenters. The fraction of sp³-hybridized carbons (Fsp3) is 0.120. The third-order valence-electron chi connectivity index (χ3n) is 4.94. The molecule has 0 aliphatic rings. The minimum Gasteiger partial charge on any atom is -0.284 e. The highest BCUT2D eigenvalue weighted by Crippen LogP contribution is 2.29. The van der Waals surface area contributed by atoms with Gasteiger partial charge in [0.25, 0.3) is 5.69 Å². The summed E-state index contributed by atoms with van der Waals surface area (Å²) >= 11 is 2.60. The lowest BCUT2D eigenvalue weighted by Gasteiger charge is -2.17. The summed E-state index contributed by atoms with van der Waals surface area (Å²) in [6.45, 7) is 5.97. The lowest BCUT2D eigenvalue weighted by Crippen LogP contribution is -2.32. The Balaban J connectivity index is 1.49. The monoisotopic (exact) mass is 503 g/mol. The number of thioether (sulfide) groups is 1. The Labute approximate surface area is 210 Å². The van der Waals surface area contributed by atoms with Crippen LogP contribution in [0.3, 0.4) is 0 Å². The van der Waals surface area contributed by atoms with E-state index in [4.69, 9.17) is 0 Å². The largest absolute Gasteiger partial charge is 0.284 e. The van der Waals surface area contributed by atoms with E-state index in [1.54, 1.807) is 23.1 Å². The first-order valence-corrected chi connectivity index (χ1v) is 12.5. The van der Waals surface area contributed by atoms with Crippen LogP contribution in [0.4, 0.5) is 10.8 Å². The Morgan fingerprint density at radius 2 is 1.80 bits per heavy atom. The number of non-ortho nitro benzene ring substituents is 1. The second kappa shape index (κ2) is 11.0. The van der Waals surface area contributed by atoms with E-state index in [2.05, 4.69) is 21.5 Å². The molecule has 4 aromatic rings. The summed E-state index contributed by atoms with van der Waals surface area (Å²) in [5.41, 5.74) is 4.01. The van der Waals surface area contributed by atoms with Crippen LogP contribution in [0.2, 0.25) is 0 Å². The van der Waals surface area contributed by atoms with Gasteiger partial charge in [-0.15, -0.1) is 17.9 Å². The summed E-state index contributed by atoms with van der Waals surface area (Å²) in [6, 6.07) is 17.9. The molecule has 0 saturated carbocycles. The van der Waals surface area contributed by atoms with Crippen molar-refractivity contribution in [1.29, 1.82) is 0 Å². The van der Waals surface area contributed by atoms with E-state index in [0.29, 0.717) is 22.5 Å². The summed E-state index contributed by atoms with van der Waals surface area (Å²) in [4.78, 5) is 38.8. The van der Waals surface area contributed by atoms with Crippen LogP contribution < -0.4 is 4.90 Å². The van der Waals surface area contributed by atoms with Gasteiger partial charge in [-0.05, 0) is 25.1 Å². The molecule has 0 spiro atoms. The van der Waals surface area contributed by atoms with Crippen LogP contribution in [-0.4, -0.2) is 38.1 Å². The Hall–Kier alpha value is -3.89. The molecule has 0 N–H and O–H groups in total. The molecule has 0 aliphatic carbocycles. The number of carbonyl (C=O) groups excluding carboxylic acids is 1. The van der Waals surface area contributed by atoms with Crippen LogP contribution in [0, 0.1) is 17.0 Å². The Morgan fingerprint density at radius 1 is 1.09 bits per heavy atom. The van der Waals surface area contributed by atoms with Gasteiger partial charge < -0.3 is 0 Å². The first-order valence-electron chi connectivity index (χ1n) is 10.6. The number of thiazole rings is 1. The van der Waals surface area contributed by atoms with E-state index in [9.17, 15) is 14.9 Å². The fourth-order valence-electron chi connectivity index (χ4n) is 3.26. The Kier molecular flexibility index (Phi) is 7.64. The maximum absolute atomic E-state index is 13.1. The fourth-order valence-corrected chi connectivity index (χ4v) is 4.90. The lowest BCUT2D eigenvalue weighted by molar-refractivity contribution is -0.384. The van der Waals surface area contributed by atoms with E-state index in [1.807, 2.05) is 48.7 Å². The third-order valence-corrected chi connectivity index (χ3v) is 6.63. The van der Waals surface area contributed by atoms with E-state index in [-0.39, 0.29) is 17.3 Å². The molecule has 2 aromatic carbocycles. The number of hydrogen-bond donors (Lipinski definition) is 0. The van der Waals surface area contributed by atoms with Crippen molar-refractivity contribution in [2.24, 2.45) is 0 Å². The molecule has 2 heterocycles. The summed E-state index contributed by atoms with van der Waals surface area (Å²) in [7, 11) is 0. The zero-order valence-corrected chi connectivity index (χ0v) is 20.5. The molecule has 0 fully saturated rings. The number of carbonyl (C=O) groups is 1. The summed E-state index contributed by atoms with van der Waals surface area (Å²) in [5, 5.41) is 13.8. The second-order valence-corrected chi connectivity index (χ2v) is 9.22. The number of amides is 1. The van der Waals surface area contributed by atoms with Gasteiger partial charge in [0.2, 0.25) is 5.91 Å². The number of nitro benzene ring substituents is 1. The molecular formula is C25H21N5O3S2. The summed E-state index contributed by atoms with van der Waals surface area (Å²) in [5.74, 6) is -0.0105. The van der Waals surface area contributed by atoms with E-state index in [0.717, 1.165) is 22.5 Å². The minimum absolute atomic E-state index is 0.0125.